The molecule has 32 heavy (non-hydrogen) atoms. The van der Waals surface area contributed by atoms with E-state index in [4.69, 9.17) is 9.47 Å². The zero-order valence-corrected chi connectivity index (χ0v) is 18.6. The van der Waals surface area contributed by atoms with Crippen molar-refractivity contribution in [3.8, 4) is 11.5 Å². The molecule has 1 aliphatic carbocycles. The van der Waals surface area contributed by atoms with Gasteiger partial charge >= 0.3 is 6.11 Å². The van der Waals surface area contributed by atoms with Crippen molar-refractivity contribution in [3.63, 3.8) is 0 Å². The summed E-state index contributed by atoms with van der Waals surface area (Å²) in [7, 11) is 0. The highest BCUT2D eigenvalue weighted by molar-refractivity contribution is 5.32. The average Bonchev–Trinajstić information content (AvgIpc) is 2.78. The molecule has 2 nitrogen and oxygen atoms in total. The molecule has 6 heteroatoms. The molecule has 2 aromatic carbocycles. The second-order valence-electron chi connectivity index (χ2n) is 8.23. The van der Waals surface area contributed by atoms with Gasteiger partial charge < -0.3 is 9.47 Å². The van der Waals surface area contributed by atoms with E-state index in [0.717, 1.165) is 31.2 Å². The highest BCUT2D eigenvalue weighted by Crippen LogP contribution is 2.37. The van der Waals surface area contributed by atoms with E-state index in [1.165, 1.54) is 12.1 Å². The van der Waals surface area contributed by atoms with E-state index in [0.29, 0.717) is 11.8 Å². The van der Waals surface area contributed by atoms with Gasteiger partial charge in [-0.3, -0.25) is 0 Å². The fourth-order valence-corrected chi connectivity index (χ4v) is 4.26. The summed E-state index contributed by atoms with van der Waals surface area (Å²) in [6.45, 7) is 3.86. The van der Waals surface area contributed by atoms with Gasteiger partial charge in [-0.25, -0.2) is 4.39 Å². The molecule has 0 bridgehead atoms. The molecule has 0 saturated heterocycles. The first-order chi connectivity index (χ1) is 15.3. The van der Waals surface area contributed by atoms with Crippen molar-refractivity contribution in [1.29, 1.82) is 0 Å². The number of benzene rings is 2. The largest absolute Gasteiger partial charge is 0.491 e. The van der Waals surface area contributed by atoms with E-state index < -0.39 is 24.2 Å². The normalized spacial score (nSPS) is 19.3. The maximum Gasteiger partial charge on any atom is 0.398 e. The van der Waals surface area contributed by atoms with Crippen LogP contribution in [0.15, 0.2) is 48.6 Å². The summed E-state index contributed by atoms with van der Waals surface area (Å²) in [5.74, 6) is -1.44. The first-order valence-electron chi connectivity index (χ1n) is 11.2. The van der Waals surface area contributed by atoms with E-state index in [-0.39, 0.29) is 30.1 Å². The minimum absolute atomic E-state index is 0.0553. The second kappa shape index (κ2) is 10.9. The summed E-state index contributed by atoms with van der Waals surface area (Å²) in [4.78, 5) is 0. The van der Waals surface area contributed by atoms with Gasteiger partial charge in [0.1, 0.15) is 5.75 Å². The van der Waals surface area contributed by atoms with Gasteiger partial charge in [0.05, 0.1) is 13.0 Å². The molecule has 1 saturated carbocycles. The molecule has 0 unspecified atom stereocenters. The minimum atomic E-state index is -3.51. The number of aryl methyl sites for hydroxylation is 1. The molecule has 3 rings (SSSR count). The molecule has 0 aliphatic heterocycles. The van der Waals surface area contributed by atoms with Crippen molar-refractivity contribution >= 4 is 0 Å². The van der Waals surface area contributed by atoms with Crippen molar-refractivity contribution in [2.24, 2.45) is 5.92 Å². The zero-order valence-electron chi connectivity index (χ0n) is 18.6. The summed E-state index contributed by atoms with van der Waals surface area (Å²) < 4.78 is 66.6. The predicted octanol–water partition coefficient (Wildman–Crippen LogP) is 7.82. The monoisotopic (exact) mass is 450 g/mol. The number of alkyl halides is 2. The van der Waals surface area contributed by atoms with Gasteiger partial charge in [-0.05, 0) is 87.1 Å². The fraction of sp³-hybridized carbons (Fsp3) is 0.462. The van der Waals surface area contributed by atoms with Gasteiger partial charge in [-0.2, -0.15) is 13.2 Å². The van der Waals surface area contributed by atoms with Gasteiger partial charge in [0.2, 0.25) is 5.82 Å². The Bertz CT molecular complexity index is 901. The van der Waals surface area contributed by atoms with E-state index in [1.54, 1.807) is 19.1 Å². The molecular weight excluding hydrogens is 420 g/mol. The Balaban J connectivity index is 1.56. The van der Waals surface area contributed by atoms with Crippen LogP contribution in [0.3, 0.4) is 0 Å². The Hall–Kier alpha value is -2.50. The summed E-state index contributed by atoms with van der Waals surface area (Å²) in [5, 5.41) is 0. The Morgan fingerprint density at radius 1 is 0.969 bits per heavy atom. The third-order valence-electron chi connectivity index (χ3n) is 5.97. The summed E-state index contributed by atoms with van der Waals surface area (Å²) in [6.07, 6.45) is 4.13. The first kappa shape index (κ1) is 24.1. The number of halogens is 4. The van der Waals surface area contributed by atoms with Crippen molar-refractivity contribution < 1.29 is 27.0 Å². The van der Waals surface area contributed by atoms with Gasteiger partial charge in [-0.15, -0.1) is 0 Å². The standard InChI is InChI=1S/C26H30F4O2/c1-3-5-18-6-8-19(9-7-18)20-10-13-22(14-11-20)32-26(29,30)17-16-21-12-15-23(31-4-2)25(28)24(21)27/h3,5,10-15,18-19H,4,6-9,16-17H2,1-2H3. The summed E-state index contributed by atoms with van der Waals surface area (Å²) in [5.41, 5.74) is 0.990. The Kier molecular flexibility index (Phi) is 8.21. The van der Waals surface area contributed by atoms with Crippen LogP contribution in [0.25, 0.3) is 0 Å². The number of hydrogen-bond acceptors (Lipinski definition) is 2. The van der Waals surface area contributed by atoms with Crippen molar-refractivity contribution in [1.82, 2.24) is 0 Å². The molecule has 1 aliphatic rings. The number of rotatable bonds is 9. The smallest absolute Gasteiger partial charge is 0.398 e. The molecule has 0 aromatic heterocycles. The number of ether oxygens (including phenoxy) is 2. The lowest BCUT2D eigenvalue weighted by atomic mass is 9.78. The molecule has 0 spiro atoms. The quantitative estimate of drug-likeness (QED) is 0.286. The molecule has 0 radical (unpaired) electrons. The molecule has 2 aromatic rings. The molecule has 174 valence electrons. The SMILES string of the molecule is CC=CC1CCC(c2ccc(OC(F)(F)CCc3ccc(OCC)c(F)c3F)cc2)CC1. The van der Waals surface area contributed by atoms with Crippen LogP contribution in [0.5, 0.6) is 11.5 Å². The highest BCUT2D eigenvalue weighted by atomic mass is 19.3. The van der Waals surface area contributed by atoms with Crippen LogP contribution in [0, 0.1) is 17.6 Å². The van der Waals surface area contributed by atoms with Gasteiger partial charge in [0.15, 0.2) is 11.6 Å². The van der Waals surface area contributed by atoms with E-state index in [2.05, 4.69) is 12.2 Å². The minimum Gasteiger partial charge on any atom is -0.491 e. The Morgan fingerprint density at radius 2 is 1.66 bits per heavy atom. The van der Waals surface area contributed by atoms with Crippen LogP contribution in [0.1, 0.15) is 63.0 Å². The molecule has 0 amide bonds. The van der Waals surface area contributed by atoms with Crippen LogP contribution in [0.4, 0.5) is 17.6 Å². The van der Waals surface area contributed by atoms with E-state index >= 15 is 0 Å². The zero-order chi connectivity index (χ0) is 23.1. The Labute approximate surface area is 187 Å². The fourth-order valence-electron chi connectivity index (χ4n) is 4.26. The van der Waals surface area contributed by atoms with Crippen molar-refractivity contribution in [2.45, 2.75) is 64.4 Å². The number of hydrogen-bond donors (Lipinski definition) is 0. The van der Waals surface area contributed by atoms with Crippen LogP contribution in [0.2, 0.25) is 0 Å². The van der Waals surface area contributed by atoms with Crippen molar-refractivity contribution in [3.05, 3.63) is 71.3 Å². The van der Waals surface area contributed by atoms with E-state index in [9.17, 15) is 17.6 Å². The molecular formula is C26H30F4O2. The third kappa shape index (κ3) is 6.27. The highest BCUT2D eigenvalue weighted by Gasteiger charge is 2.32. The van der Waals surface area contributed by atoms with Crippen LogP contribution in [-0.4, -0.2) is 12.7 Å². The maximum absolute atomic E-state index is 14.3. The maximum atomic E-state index is 14.3. The topological polar surface area (TPSA) is 18.5 Å². The lowest BCUT2D eigenvalue weighted by Gasteiger charge is -2.27. The van der Waals surface area contributed by atoms with Crippen molar-refractivity contribution in [2.75, 3.05) is 6.61 Å². The molecule has 0 heterocycles. The third-order valence-corrected chi connectivity index (χ3v) is 5.97. The number of allylic oxidation sites excluding steroid dienone is 2. The van der Waals surface area contributed by atoms with E-state index in [1.807, 2.05) is 19.1 Å². The first-order valence-corrected chi connectivity index (χ1v) is 11.2. The molecule has 0 N–H and O–H groups in total. The predicted molar refractivity (Wildman–Crippen MR) is 117 cm³/mol. The summed E-state index contributed by atoms with van der Waals surface area (Å²) >= 11 is 0. The van der Waals surface area contributed by atoms with Gasteiger partial charge in [0.25, 0.3) is 0 Å². The Morgan fingerprint density at radius 3 is 2.28 bits per heavy atom. The van der Waals surface area contributed by atoms with Crippen LogP contribution < -0.4 is 9.47 Å². The second-order valence-corrected chi connectivity index (χ2v) is 8.23. The van der Waals surface area contributed by atoms with Gasteiger partial charge in [-0.1, -0.05) is 30.4 Å². The average molecular weight is 451 g/mol. The van der Waals surface area contributed by atoms with Crippen LogP contribution >= 0.6 is 0 Å². The molecule has 0 atom stereocenters. The molecule has 1 fully saturated rings. The summed E-state index contributed by atoms with van der Waals surface area (Å²) in [6, 6.07) is 9.30. The van der Waals surface area contributed by atoms with Crippen LogP contribution in [-0.2, 0) is 6.42 Å². The van der Waals surface area contributed by atoms with Gasteiger partial charge in [0, 0.05) is 0 Å². The lowest BCUT2D eigenvalue weighted by molar-refractivity contribution is -0.180. The lowest BCUT2D eigenvalue weighted by Crippen LogP contribution is -2.25.